The summed E-state index contributed by atoms with van der Waals surface area (Å²) in [5.74, 6) is -0.248. The van der Waals surface area contributed by atoms with Crippen LogP contribution in [0.3, 0.4) is 0 Å². The Kier molecular flexibility index (Phi) is 19.0. The summed E-state index contributed by atoms with van der Waals surface area (Å²) in [6.07, 6.45) is 6.74. The van der Waals surface area contributed by atoms with Crippen molar-refractivity contribution in [3.05, 3.63) is 0 Å². The maximum absolute atomic E-state index is 11.5. The Balaban J connectivity index is 0. The van der Waals surface area contributed by atoms with Crippen molar-refractivity contribution in [1.82, 2.24) is 0 Å². The summed E-state index contributed by atoms with van der Waals surface area (Å²) in [7, 11) is 0. The van der Waals surface area contributed by atoms with Crippen LogP contribution in [-0.4, -0.2) is 40.8 Å². The Hall–Kier alpha value is -1.07. The van der Waals surface area contributed by atoms with E-state index in [-0.39, 0.29) is 43.4 Å². The van der Waals surface area contributed by atoms with E-state index in [2.05, 4.69) is 13.8 Å². The summed E-state index contributed by atoms with van der Waals surface area (Å²) in [5, 5.41) is 15.2. The Morgan fingerprint density at radius 2 is 1.00 bits per heavy atom. The van der Waals surface area contributed by atoms with Gasteiger partial charge in [0.1, 0.15) is 17.3 Å². The zero-order valence-corrected chi connectivity index (χ0v) is 14.1. The number of rotatable bonds is 13. The van der Waals surface area contributed by atoms with Gasteiger partial charge in [-0.1, -0.05) is 39.5 Å². The second-order valence-corrected chi connectivity index (χ2v) is 5.33. The normalized spacial score (nSPS) is 9.82. The fourth-order valence-corrected chi connectivity index (χ4v) is 1.82. The highest BCUT2D eigenvalue weighted by Crippen LogP contribution is 2.06. The molecular weight excluding hydrogens is 284 g/mol. The van der Waals surface area contributed by atoms with Gasteiger partial charge in [0.25, 0.3) is 0 Å². The van der Waals surface area contributed by atoms with Crippen molar-refractivity contribution < 1.29 is 24.6 Å². The van der Waals surface area contributed by atoms with Crippen LogP contribution in [0.15, 0.2) is 0 Å². The molecule has 0 fully saturated rings. The molecule has 0 saturated heterocycles. The molecule has 0 aliphatic rings. The van der Waals surface area contributed by atoms with Gasteiger partial charge in [-0.25, -0.2) is 0 Å². The highest BCUT2D eigenvalue weighted by atomic mass is 16.3. The molecular formula is C17H32O5. The van der Waals surface area contributed by atoms with Crippen LogP contribution in [0.4, 0.5) is 0 Å². The van der Waals surface area contributed by atoms with Crippen molar-refractivity contribution in [3.8, 4) is 0 Å². The first-order chi connectivity index (χ1) is 10.5. The molecule has 0 heterocycles. The molecule has 0 radical (unpaired) electrons. The van der Waals surface area contributed by atoms with Gasteiger partial charge in [0, 0.05) is 12.8 Å². The number of carbonyl (C=O) groups excluding carboxylic acids is 3. The Morgan fingerprint density at radius 3 is 1.27 bits per heavy atom. The molecule has 130 valence electrons. The summed E-state index contributed by atoms with van der Waals surface area (Å²) in [6, 6.07) is 0. The smallest absolute Gasteiger partial charge is 0.147 e. The molecule has 0 aromatic rings. The van der Waals surface area contributed by atoms with Crippen LogP contribution in [0.1, 0.15) is 78.1 Å². The third-order valence-electron chi connectivity index (χ3n) is 3.01. The number of carbonyl (C=O) groups is 3. The fraction of sp³-hybridized carbons (Fsp3) is 0.824. The quantitative estimate of drug-likeness (QED) is 0.402. The molecule has 2 N–H and O–H groups in total. The minimum absolute atomic E-state index is 0.0187. The zero-order chi connectivity index (χ0) is 17.2. The van der Waals surface area contributed by atoms with Gasteiger partial charge in [-0.05, 0) is 12.8 Å². The molecule has 0 aromatic heterocycles. The van der Waals surface area contributed by atoms with Crippen molar-refractivity contribution >= 4 is 17.3 Å². The Morgan fingerprint density at radius 1 is 0.636 bits per heavy atom. The molecule has 0 unspecified atom stereocenters. The molecule has 22 heavy (non-hydrogen) atoms. The monoisotopic (exact) mass is 316 g/mol. The third-order valence-corrected chi connectivity index (χ3v) is 3.01. The second-order valence-electron chi connectivity index (χ2n) is 5.33. The lowest BCUT2D eigenvalue weighted by atomic mass is 10.0. The van der Waals surface area contributed by atoms with E-state index in [4.69, 9.17) is 10.2 Å². The lowest BCUT2D eigenvalue weighted by Crippen LogP contribution is -2.12. The van der Waals surface area contributed by atoms with E-state index in [1.165, 1.54) is 0 Å². The number of ketones is 3. The molecule has 0 amide bonds. The van der Waals surface area contributed by atoms with Gasteiger partial charge >= 0.3 is 0 Å². The molecule has 5 heteroatoms. The van der Waals surface area contributed by atoms with Crippen LogP contribution in [0.5, 0.6) is 0 Å². The number of unbranched alkanes of at least 4 members (excludes halogenated alkanes) is 4. The molecule has 0 aliphatic carbocycles. The average Bonchev–Trinajstić information content (AvgIpc) is 2.47. The maximum atomic E-state index is 11.5. The minimum atomic E-state index is -0.210. The number of hydrogen-bond donors (Lipinski definition) is 2. The molecule has 0 bridgehead atoms. The third kappa shape index (κ3) is 18.9. The van der Waals surface area contributed by atoms with Crippen molar-refractivity contribution in [1.29, 1.82) is 0 Å². The summed E-state index contributed by atoms with van der Waals surface area (Å²) in [4.78, 5) is 34.4. The first-order valence-corrected chi connectivity index (χ1v) is 8.28. The molecule has 5 nitrogen and oxygen atoms in total. The lowest BCUT2D eigenvalue weighted by molar-refractivity contribution is -0.130. The zero-order valence-electron chi connectivity index (χ0n) is 14.1. The van der Waals surface area contributed by atoms with Gasteiger partial charge in [-0.3, -0.25) is 14.4 Å². The van der Waals surface area contributed by atoms with Gasteiger partial charge in [-0.2, -0.15) is 0 Å². The summed E-state index contributed by atoms with van der Waals surface area (Å²) >= 11 is 0. The van der Waals surface area contributed by atoms with Gasteiger partial charge < -0.3 is 10.2 Å². The number of aliphatic hydroxyl groups is 2. The summed E-state index contributed by atoms with van der Waals surface area (Å²) in [6.45, 7) is 3.90. The van der Waals surface area contributed by atoms with Crippen molar-refractivity contribution in [2.24, 2.45) is 0 Å². The molecule has 0 rings (SSSR count). The predicted octanol–water partition coefficient (Wildman–Crippen LogP) is 2.61. The summed E-state index contributed by atoms with van der Waals surface area (Å²) in [5.41, 5.74) is 0. The highest BCUT2D eigenvalue weighted by molar-refractivity contribution is 6.07. The van der Waals surface area contributed by atoms with Crippen LogP contribution in [0, 0.1) is 0 Å². The van der Waals surface area contributed by atoms with Gasteiger partial charge in [0.05, 0.1) is 26.1 Å². The van der Waals surface area contributed by atoms with Crippen LogP contribution in [0.25, 0.3) is 0 Å². The topological polar surface area (TPSA) is 91.7 Å². The van der Waals surface area contributed by atoms with Crippen LogP contribution < -0.4 is 0 Å². The van der Waals surface area contributed by atoms with Gasteiger partial charge in [0.15, 0.2) is 0 Å². The predicted molar refractivity (Wildman–Crippen MR) is 86.7 cm³/mol. The standard InChI is InChI=1S/C15H26O3.C2H6O2/c1-3-5-7-9-13(16)11-15(18)12-14(17)10-8-6-4-2;3-1-2-4/h3-12H2,1-2H3;3-4H,1-2H2. The highest BCUT2D eigenvalue weighted by Gasteiger charge is 2.13. The first kappa shape index (κ1) is 23.2. The molecule has 0 saturated carbocycles. The molecule has 0 spiro atoms. The SMILES string of the molecule is CCCCCC(=O)CC(=O)CC(=O)CCCCC.OCCO. The van der Waals surface area contributed by atoms with E-state index in [0.29, 0.717) is 12.8 Å². The number of aliphatic hydroxyl groups excluding tert-OH is 2. The lowest BCUT2D eigenvalue weighted by Gasteiger charge is -2.01. The number of hydrogen-bond acceptors (Lipinski definition) is 5. The van der Waals surface area contributed by atoms with Crippen molar-refractivity contribution in [2.45, 2.75) is 78.1 Å². The fourth-order valence-electron chi connectivity index (χ4n) is 1.82. The van der Waals surface area contributed by atoms with Crippen LogP contribution in [0.2, 0.25) is 0 Å². The van der Waals surface area contributed by atoms with E-state index in [1.807, 2.05) is 0 Å². The van der Waals surface area contributed by atoms with Gasteiger partial charge in [0.2, 0.25) is 0 Å². The number of Topliss-reactive ketones (excluding diaryl/α,β-unsaturated/α-hetero) is 3. The van der Waals surface area contributed by atoms with Crippen molar-refractivity contribution in [2.75, 3.05) is 13.2 Å². The Labute approximate surface area is 134 Å². The first-order valence-electron chi connectivity index (χ1n) is 8.28. The maximum Gasteiger partial charge on any atom is 0.147 e. The van der Waals surface area contributed by atoms with E-state index >= 15 is 0 Å². The summed E-state index contributed by atoms with van der Waals surface area (Å²) < 4.78 is 0. The van der Waals surface area contributed by atoms with Gasteiger partial charge in [-0.15, -0.1) is 0 Å². The van der Waals surface area contributed by atoms with E-state index in [0.717, 1.165) is 38.5 Å². The molecule has 0 atom stereocenters. The largest absolute Gasteiger partial charge is 0.394 e. The molecule has 0 aliphatic heterocycles. The Bertz CT molecular complexity index is 271. The van der Waals surface area contributed by atoms with Crippen molar-refractivity contribution in [3.63, 3.8) is 0 Å². The minimum Gasteiger partial charge on any atom is -0.394 e. The van der Waals surface area contributed by atoms with Crippen LogP contribution in [-0.2, 0) is 14.4 Å². The van der Waals surface area contributed by atoms with E-state index in [9.17, 15) is 14.4 Å². The van der Waals surface area contributed by atoms with E-state index < -0.39 is 0 Å². The average molecular weight is 316 g/mol. The van der Waals surface area contributed by atoms with Crippen LogP contribution >= 0.6 is 0 Å². The second kappa shape index (κ2) is 18.0. The molecule has 0 aromatic carbocycles. The van der Waals surface area contributed by atoms with E-state index in [1.54, 1.807) is 0 Å².